The SMILES string of the molecule is COc1cccc2cc(C(C)NCCOC(N)=O)oc12. The van der Waals surface area contributed by atoms with E-state index >= 15 is 0 Å². The summed E-state index contributed by atoms with van der Waals surface area (Å²) in [5, 5.41) is 4.17. The molecule has 1 aromatic carbocycles. The van der Waals surface area contributed by atoms with Gasteiger partial charge in [-0.25, -0.2) is 4.79 Å². The van der Waals surface area contributed by atoms with Crippen molar-refractivity contribution in [3.05, 3.63) is 30.0 Å². The number of fused-ring (bicyclic) bond motifs is 1. The highest BCUT2D eigenvalue weighted by Crippen LogP contribution is 2.30. The summed E-state index contributed by atoms with van der Waals surface area (Å²) in [5.41, 5.74) is 5.61. The molecule has 0 saturated carbocycles. The smallest absolute Gasteiger partial charge is 0.404 e. The second-order valence-corrected chi connectivity index (χ2v) is 4.37. The van der Waals surface area contributed by atoms with Crippen LogP contribution in [0.5, 0.6) is 5.75 Å². The monoisotopic (exact) mass is 278 g/mol. The first-order chi connectivity index (χ1) is 9.61. The Hall–Kier alpha value is -2.21. The van der Waals surface area contributed by atoms with Gasteiger partial charge in [-0.05, 0) is 19.1 Å². The van der Waals surface area contributed by atoms with Crippen molar-refractivity contribution in [3.63, 3.8) is 0 Å². The van der Waals surface area contributed by atoms with Gasteiger partial charge in [-0.1, -0.05) is 12.1 Å². The van der Waals surface area contributed by atoms with E-state index in [-0.39, 0.29) is 12.6 Å². The quantitative estimate of drug-likeness (QED) is 0.791. The number of methoxy groups -OCH3 is 1. The number of carbonyl (C=O) groups is 1. The van der Waals surface area contributed by atoms with Gasteiger partial charge in [-0.2, -0.15) is 0 Å². The largest absolute Gasteiger partial charge is 0.493 e. The Bertz CT molecular complexity index is 594. The predicted molar refractivity (Wildman–Crippen MR) is 74.7 cm³/mol. The van der Waals surface area contributed by atoms with Gasteiger partial charge in [0.15, 0.2) is 11.3 Å². The molecule has 6 heteroatoms. The van der Waals surface area contributed by atoms with Crippen molar-refractivity contribution in [1.82, 2.24) is 5.32 Å². The molecule has 0 spiro atoms. The van der Waals surface area contributed by atoms with Crippen molar-refractivity contribution in [2.24, 2.45) is 5.73 Å². The van der Waals surface area contributed by atoms with Gasteiger partial charge in [0.1, 0.15) is 12.4 Å². The number of ether oxygens (including phenoxy) is 2. The van der Waals surface area contributed by atoms with Gasteiger partial charge in [-0.3, -0.25) is 0 Å². The molecule has 1 amide bonds. The van der Waals surface area contributed by atoms with Crippen LogP contribution in [0.2, 0.25) is 0 Å². The van der Waals surface area contributed by atoms with Crippen LogP contribution in [0.1, 0.15) is 18.7 Å². The van der Waals surface area contributed by atoms with Crippen LogP contribution in [0.25, 0.3) is 11.0 Å². The number of rotatable bonds is 6. The summed E-state index contributed by atoms with van der Waals surface area (Å²) in [6.45, 7) is 2.69. The molecule has 0 radical (unpaired) electrons. The fourth-order valence-electron chi connectivity index (χ4n) is 1.96. The minimum absolute atomic E-state index is 0.0106. The number of benzene rings is 1. The number of para-hydroxylation sites is 1. The minimum atomic E-state index is -0.770. The van der Waals surface area contributed by atoms with Crippen molar-refractivity contribution in [3.8, 4) is 5.75 Å². The number of nitrogens with one attached hydrogen (secondary N) is 1. The number of hydrogen-bond donors (Lipinski definition) is 2. The van der Waals surface area contributed by atoms with Crippen LogP contribution in [-0.2, 0) is 4.74 Å². The van der Waals surface area contributed by atoms with Crippen molar-refractivity contribution < 1.29 is 18.7 Å². The van der Waals surface area contributed by atoms with Gasteiger partial charge in [0.05, 0.1) is 13.2 Å². The molecule has 0 bridgehead atoms. The van der Waals surface area contributed by atoms with Gasteiger partial charge >= 0.3 is 6.09 Å². The lowest BCUT2D eigenvalue weighted by Gasteiger charge is -2.10. The molecule has 1 aromatic heterocycles. The number of nitrogens with two attached hydrogens (primary N) is 1. The predicted octanol–water partition coefficient (Wildman–Crippen LogP) is 2.19. The molecule has 3 N–H and O–H groups in total. The molecule has 2 rings (SSSR count). The molecule has 2 aromatic rings. The maximum absolute atomic E-state index is 10.4. The van der Waals surface area contributed by atoms with E-state index in [1.807, 2.05) is 31.2 Å². The highest BCUT2D eigenvalue weighted by molar-refractivity contribution is 5.83. The molecule has 6 nitrogen and oxygen atoms in total. The van der Waals surface area contributed by atoms with Gasteiger partial charge in [0.25, 0.3) is 0 Å². The fraction of sp³-hybridized carbons (Fsp3) is 0.357. The Labute approximate surface area is 116 Å². The molecule has 20 heavy (non-hydrogen) atoms. The minimum Gasteiger partial charge on any atom is -0.493 e. The third-order valence-corrected chi connectivity index (χ3v) is 2.97. The van der Waals surface area contributed by atoms with E-state index in [0.717, 1.165) is 16.7 Å². The van der Waals surface area contributed by atoms with Crippen LogP contribution in [0.3, 0.4) is 0 Å². The highest BCUT2D eigenvalue weighted by atomic mass is 16.5. The highest BCUT2D eigenvalue weighted by Gasteiger charge is 2.13. The van der Waals surface area contributed by atoms with Crippen LogP contribution in [0, 0.1) is 0 Å². The average molecular weight is 278 g/mol. The summed E-state index contributed by atoms with van der Waals surface area (Å²) >= 11 is 0. The Balaban J connectivity index is 2.03. The van der Waals surface area contributed by atoms with Crippen LogP contribution >= 0.6 is 0 Å². The fourth-order valence-corrected chi connectivity index (χ4v) is 1.96. The van der Waals surface area contributed by atoms with Gasteiger partial charge in [0.2, 0.25) is 0 Å². The molecular formula is C14H18N2O4. The van der Waals surface area contributed by atoms with Crippen LogP contribution in [0.15, 0.2) is 28.7 Å². The van der Waals surface area contributed by atoms with Crippen LogP contribution in [-0.4, -0.2) is 26.4 Å². The molecule has 0 aliphatic heterocycles. The zero-order chi connectivity index (χ0) is 14.5. The number of hydrogen-bond acceptors (Lipinski definition) is 5. The Morgan fingerprint density at radius 1 is 1.50 bits per heavy atom. The Kier molecular flexibility index (Phi) is 4.47. The van der Waals surface area contributed by atoms with E-state index in [2.05, 4.69) is 10.1 Å². The molecule has 108 valence electrons. The Morgan fingerprint density at radius 3 is 3.00 bits per heavy atom. The van der Waals surface area contributed by atoms with E-state index in [1.165, 1.54) is 0 Å². The van der Waals surface area contributed by atoms with Gasteiger partial charge in [0, 0.05) is 11.9 Å². The standard InChI is InChI=1S/C14H18N2O4/c1-9(16-6-7-19-14(15)17)12-8-10-4-3-5-11(18-2)13(10)20-12/h3-5,8-9,16H,6-7H2,1-2H3,(H2,15,17). The molecule has 1 atom stereocenters. The molecule has 1 unspecified atom stereocenters. The second kappa shape index (κ2) is 6.29. The van der Waals surface area contributed by atoms with Gasteiger partial charge < -0.3 is 24.9 Å². The second-order valence-electron chi connectivity index (χ2n) is 4.37. The number of furan rings is 1. The summed E-state index contributed by atoms with van der Waals surface area (Å²) in [7, 11) is 1.61. The number of amides is 1. The molecule has 1 heterocycles. The number of carbonyl (C=O) groups excluding carboxylic acids is 1. The summed E-state index contributed by atoms with van der Waals surface area (Å²) in [6, 6.07) is 7.69. The van der Waals surface area contributed by atoms with Crippen molar-refractivity contribution in [2.75, 3.05) is 20.3 Å². The lowest BCUT2D eigenvalue weighted by molar-refractivity contribution is 0.156. The zero-order valence-corrected chi connectivity index (χ0v) is 11.5. The maximum Gasteiger partial charge on any atom is 0.404 e. The topological polar surface area (TPSA) is 86.7 Å². The first kappa shape index (κ1) is 14.2. The molecule has 0 aliphatic rings. The lowest BCUT2D eigenvalue weighted by Crippen LogP contribution is -2.25. The van der Waals surface area contributed by atoms with Crippen molar-refractivity contribution >= 4 is 17.1 Å². The van der Waals surface area contributed by atoms with E-state index in [4.69, 9.17) is 14.9 Å². The third kappa shape index (κ3) is 3.21. The first-order valence-corrected chi connectivity index (χ1v) is 6.34. The van der Waals surface area contributed by atoms with E-state index in [1.54, 1.807) is 7.11 Å². The van der Waals surface area contributed by atoms with Crippen molar-refractivity contribution in [2.45, 2.75) is 13.0 Å². The van der Waals surface area contributed by atoms with Crippen molar-refractivity contribution in [1.29, 1.82) is 0 Å². The number of primary amides is 1. The lowest BCUT2D eigenvalue weighted by atomic mass is 10.2. The maximum atomic E-state index is 10.4. The Morgan fingerprint density at radius 2 is 2.30 bits per heavy atom. The zero-order valence-electron chi connectivity index (χ0n) is 11.5. The van der Waals surface area contributed by atoms with E-state index in [0.29, 0.717) is 12.3 Å². The third-order valence-electron chi connectivity index (χ3n) is 2.97. The van der Waals surface area contributed by atoms with Gasteiger partial charge in [-0.15, -0.1) is 0 Å². The molecular weight excluding hydrogens is 260 g/mol. The van der Waals surface area contributed by atoms with Crippen LogP contribution in [0.4, 0.5) is 4.79 Å². The normalized spacial score (nSPS) is 12.3. The first-order valence-electron chi connectivity index (χ1n) is 6.34. The molecule has 0 aliphatic carbocycles. The van der Waals surface area contributed by atoms with E-state index in [9.17, 15) is 4.79 Å². The molecule has 0 fully saturated rings. The summed E-state index contributed by atoms with van der Waals surface area (Å²) in [6.07, 6.45) is -0.770. The van der Waals surface area contributed by atoms with Crippen LogP contribution < -0.4 is 15.8 Å². The van der Waals surface area contributed by atoms with E-state index < -0.39 is 6.09 Å². The molecule has 0 saturated heterocycles. The average Bonchev–Trinajstić information content (AvgIpc) is 2.87. The summed E-state index contributed by atoms with van der Waals surface area (Å²) in [5.74, 6) is 1.50. The summed E-state index contributed by atoms with van der Waals surface area (Å²) in [4.78, 5) is 10.4. The summed E-state index contributed by atoms with van der Waals surface area (Å²) < 4.78 is 15.7.